The van der Waals surface area contributed by atoms with Gasteiger partial charge in [-0.25, -0.2) is 31.7 Å². The van der Waals surface area contributed by atoms with E-state index in [2.05, 4.69) is 10.1 Å². The number of benzene rings is 1. The van der Waals surface area contributed by atoms with Crippen molar-refractivity contribution in [2.45, 2.75) is 31.2 Å². The number of esters is 1. The SMILES string of the molecule is Cc1noc(C)c1CSc1ncccc1C(=O)OCc1c(F)c(F)c(F)c(F)c1F. The zero-order valence-corrected chi connectivity index (χ0v) is 16.4. The molecule has 0 amide bonds. The Labute approximate surface area is 171 Å². The molecule has 0 bridgehead atoms. The molecule has 30 heavy (non-hydrogen) atoms. The summed E-state index contributed by atoms with van der Waals surface area (Å²) in [7, 11) is 0. The number of carbonyl (C=O) groups excluding carboxylic acids is 1. The molecule has 0 aliphatic rings. The van der Waals surface area contributed by atoms with Gasteiger partial charge in [-0.05, 0) is 26.0 Å². The lowest BCUT2D eigenvalue weighted by Gasteiger charge is -2.11. The van der Waals surface area contributed by atoms with E-state index in [0.29, 0.717) is 17.2 Å². The average molecular weight is 444 g/mol. The van der Waals surface area contributed by atoms with Crippen molar-refractivity contribution in [3.63, 3.8) is 0 Å². The van der Waals surface area contributed by atoms with Crippen LogP contribution < -0.4 is 0 Å². The third-order valence-corrected chi connectivity index (χ3v) is 5.21. The number of aryl methyl sites for hydroxylation is 2. The number of carbonyl (C=O) groups is 1. The Morgan fingerprint density at radius 3 is 2.27 bits per heavy atom. The van der Waals surface area contributed by atoms with E-state index >= 15 is 0 Å². The number of rotatable bonds is 6. The maximum absolute atomic E-state index is 13.7. The Bertz CT molecular complexity index is 1070. The van der Waals surface area contributed by atoms with Gasteiger partial charge in [0.1, 0.15) is 17.4 Å². The Hall–Kier alpha value is -2.95. The van der Waals surface area contributed by atoms with Crippen LogP contribution in [0.25, 0.3) is 0 Å². The lowest BCUT2D eigenvalue weighted by atomic mass is 10.2. The van der Waals surface area contributed by atoms with Crippen molar-refractivity contribution in [1.82, 2.24) is 10.1 Å². The van der Waals surface area contributed by atoms with Gasteiger partial charge in [-0.1, -0.05) is 5.16 Å². The first-order valence-corrected chi connectivity index (χ1v) is 9.37. The summed E-state index contributed by atoms with van der Waals surface area (Å²) in [5.41, 5.74) is 0.212. The Morgan fingerprint density at radius 1 is 1.03 bits per heavy atom. The predicted molar refractivity (Wildman–Crippen MR) is 95.1 cm³/mol. The molecule has 3 rings (SSSR count). The van der Waals surface area contributed by atoms with E-state index in [1.807, 2.05) is 0 Å². The van der Waals surface area contributed by atoms with Crippen LogP contribution in [0.1, 0.15) is 32.9 Å². The molecule has 0 radical (unpaired) electrons. The first kappa shape index (κ1) is 21.8. The molecule has 0 aliphatic carbocycles. The topological polar surface area (TPSA) is 65.2 Å². The second-order valence-electron chi connectivity index (χ2n) is 6.07. The van der Waals surface area contributed by atoms with Crippen molar-refractivity contribution in [2.24, 2.45) is 0 Å². The van der Waals surface area contributed by atoms with E-state index in [4.69, 9.17) is 9.26 Å². The predicted octanol–water partition coefficient (Wildman–Crippen LogP) is 5.03. The lowest BCUT2D eigenvalue weighted by Crippen LogP contribution is -2.12. The highest BCUT2D eigenvalue weighted by Crippen LogP contribution is 2.28. The fourth-order valence-corrected chi connectivity index (χ4v) is 3.64. The van der Waals surface area contributed by atoms with Crippen LogP contribution in [0.15, 0.2) is 27.9 Å². The van der Waals surface area contributed by atoms with Crippen LogP contribution >= 0.6 is 11.8 Å². The van der Waals surface area contributed by atoms with Crippen molar-refractivity contribution in [3.8, 4) is 0 Å². The smallest absolute Gasteiger partial charge is 0.341 e. The molecule has 1 aromatic carbocycles. The van der Waals surface area contributed by atoms with Gasteiger partial charge in [0, 0.05) is 17.5 Å². The zero-order chi connectivity index (χ0) is 22.0. The second-order valence-corrected chi connectivity index (χ2v) is 7.04. The Kier molecular flexibility index (Phi) is 6.40. The first-order chi connectivity index (χ1) is 14.2. The van der Waals surface area contributed by atoms with Crippen LogP contribution in [0.4, 0.5) is 22.0 Å². The minimum atomic E-state index is -2.29. The maximum atomic E-state index is 13.7. The molecule has 0 atom stereocenters. The number of thioether (sulfide) groups is 1. The summed E-state index contributed by atoms with van der Waals surface area (Å²) in [4.78, 5) is 16.5. The number of halogens is 5. The van der Waals surface area contributed by atoms with Crippen molar-refractivity contribution in [2.75, 3.05) is 0 Å². The van der Waals surface area contributed by atoms with Crippen LogP contribution in [0.2, 0.25) is 0 Å². The molecule has 0 spiro atoms. The largest absolute Gasteiger partial charge is 0.457 e. The maximum Gasteiger partial charge on any atom is 0.341 e. The molecule has 5 nitrogen and oxygen atoms in total. The van der Waals surface area contributed by atoms with E-state index in [0.717, 1.165) is 5.56 Å². The van der Waals surface area contributed by atoms with Gasteiger partial charge in [0.25, 0.3) is 0 Å². The van der Waals surface area contributed by atoms with Crippen molar-refractivity contribution < 1.29 is 36.0 Å². The number of ether oxygens (including phenoxy) is 1. The van der Waals surface area contributed by atoms with Crippen LogP contribution in [-0.4, -0.2) is 16.1 Å². The molecular formula is C19H13F5N2O3S. The Morgan fingerprint density at radius 2 is 1.67 bits per heavy atom. The molecule has 0 aliphatic heterocycles. The molecule has 158 valence electrons. The second kappa shape index (κ2) is 8.82. The summed E-state index contributed by atoms with van der Waals surface area (Å²) in [6.07, 6.45) is 1.43. The summed E-state index contributed by atoms with van der Waals surface area (Å²) in [5.74, 6) is -10.7. The molecule has 0 saturated heterocycles. The third kappa shape index (κ3) is 4.16. The zero-order valence-electron chi connectivity index (χ0n) is 15.6. The van der Waals surface area contributed by atoms with Gasteiger partial charge in [-0.15, -0.1) is 11.8 Å². The van der Waals surface area contributed by atoms with E-state index < -0.39 is 47.2 Å². The molecule has 0 fully saturated rings. The summed E-state index contributed by atoms with van der Waals surface area (Å²) in [5, 5.41) is 4.08. The average Bonchev–Trinajstić information content (AvgIpc) is 3.06. The molecule has 0 saturated carbocycles. The summed E-state index contributed by atoms with van der Waals surface area (Å²) >= 11 is 1.17. The van der Waals surface area contributed by atoms with Crippen LogP contribution in [0, 0.1) is 42.9 Å². The number of hydrogen-bond acceptors (Lipinski definition) is 6. The minimum absolute atomic E-state index is 0.0295. The van der Waals surface area contributed by atoms with Gasteiger partial charge in [-0.3, -0.25) is 0 Å². The third-order valence-electron chi connectivity index (χ3n) is 4.17. The van der Waals surface area contributed by atoms with Gasteiger partial charge in [0.15, 0.2) is 23.3 Å². The molecule has 2 aromatic heterocycles. The van der Waals surface area contributed by atoms with E-state index in [1.165, 1.54) is 30.1 Å². The standard InChI is InChI=1S/C19H13F5N2O3S/c1-8-12(9(2)29-26-8)7-30-18-10(4-3-5-25-18)19(27)28-6-11-13(20)15(22)17(24)16(23)14(11)21/h3-5H,6-7H2,1-2H3. The highest BCUT2D eigenvalue weighted by Gasteiger charge is 2.27. The molecular weight excluding hydrogens is 431 g/mol. The van der Waals surface area contributed by atoms with Gasteiger partial charge >= 0.3 is 5.97 Å². The quantitative estimate of drug-likeness (QED) is 0.175. The van der Waals surface area contributed by atoms with Gasteiger partial charge < -0.3 is 9.26 Å². The summed E-state index contributed by atoms with van der Waals surface area (Å²) < 4.78 is 77.0. The van der Waals surface area contributed by atoms with Gasteiger partial charge in [-0.2, -0.15) is 0 Å². The number of pyridine rings is 1. The number of nitrogens with zero attached hydrogens (tertiary/aromatic N) is 2. The molecule has 11 heteroatoms. The molecule has 2 heterocycles. The van der Waals surface area contributed by atoms with E-state index in [-0.39, 0.29) is 10.6 Å². The van der Waals surface area contributed by atoms with Crippen LogP contribution in [-0.2, 0) is 17.1 Å². The highest BCUT2D eigenvalue weighted by molar-refractivity contribution is 7.98. The van der Waals surface area contributed by atoms with Crippen LogP contribution in [0.3, 0.4) is 0 Å². The van der Waals surface area contributed by atoms with Gasteiger partial charge in [0.05, 0.1) is 16.8 Å². The monoisotopic (exact) mass is 444 g/mol. The lowest BCUT2D eigenvalue weighted by molar-refractivity contribution is 0.0457. The van der Waals surface area contributed by atoms with E-state index in [9.17, 15) is 26.7 Å². The number of hydrogen-bond donors (Lipinski definition) is 0. The molecule has 0 N–H and O–H groups in total. The molecule has 3 aromatic rings. The fraction of sp³-hybridized carbons (Fsp3) is 0.211. The minimum Gasteiger partial charge on any atom is -0.457 e. The highest BCUT2D eigenvalue weighted by atomic mass is 32.2. The summed E-state index contributed by atoms with van der Waals surface area (Å²) in [6, 6.07) is 2.80. The normalized spacial score (nSPS) is 11.0. The van der Waals surface area contributed by atoms with Crippen molar-refractivity contribution >= 4 is 17.7 Å². The first-order valence-electron chi connectivity index (χ1n) is 8.39. The summed E-state index contributed by atoms with van der Waals surface area (Å²) in [6.45, 7) is 2.34. The van der Waals surface area contributed by atoms with Gasteiger partial charge in [0.2, 0.25) is 5.82 Å². The van der Waals surface area contributed by atoms with Crippen LogP contribution in [0.5, 0.6) is 0 Å². The number of aromatic nitrogens is 2. The molecule has 0 unspecified atom stereocenters. The van der Waals surface area contributed by atoms with E-state index in [1.54, 1.807) is 13.8 Å². The van der Waals surface area contributed by atoms with Crippen molar-refractivity contribution in [3.05, 3.63) is 75.6 Å². The fourth-order valence-electron chi connectivity index (χ4n) is 2.50. The van der Waals surface area contributed by atoms with Crippen molar-refractivity contribution in [1.29, 1.82) is 0 Å². The Balaban J connectivity index is 1.77.